The predicted octanol–water partition coefficient (Wildman–Crippen LogP) is 6.92. The number of aryl methyl sites for hydroxylation is 1. The Labute approximate surface area is 227 Å². The highest BCUT2D eigenvalue weighted by Crippen LogP contribution is 2.35. The molecule has 37 heavy (non-hydrogen) atoms. The minimum atomic E-state index is -3.63. The Kier molecular flexibility index (Phi) is 8.64. The first-order valence-corrected chi connectivity index (χ1v) is 14.9. The Balaban J connectivity index is 1.70. The van der Waals surface area contributed by atoms with Crippen LogP contribution in [-0.2, 0) is 16.6 Å². The van der Waals surface area contributed by atoms with Gasteiger partial charge in [0.15, 0.2) is 5.13 Å². The van der Waals surface area contributed by atoms with Gasteiger partial charge in [0.25, 0.3) is 5.91 Å². The smallest absolute Gasteiger partial charge is 0.260 e. The zero-order valence-electron chi connectivity index (χ0n) is 21.1. The molecule has 0 saturated heterocycles. The van der Waals surface area contributed by atoms with Gasteiger partial charge in [-0.25, -0.2) is 13.4 Å². The van der Waals surface area contributed by atoms with Crippen LogP contribution in [0.4, 0.5) is 5.13 Å². The molecule has 4 rings (SSSR count). The van der Waals surface area contributed by atoms with Crippen LogP contribution in [0.2, 0.25) is 5.02 Å². The van der Waals surface area contributed by atoms with Crippen LogP contribution in [0.3, 0.4) is 0 Å². The standard InChI is InChI=1S/C28H30ClN3O3S2/c1-4-17-31(18-5-2)37(34,35)23-13-11-22(12-14-23)27(33)32(19-21-9-7-6-8-10-21)28-30-26-20(3)24(29)15-16-25(26)36-28/h6-16H,4-5,17-19H2,1-3H3. The highest BCUT2D eigenvalue weighted by atomic mass is 35.5. The molecule has 1 amide bonds. The van der Waals surface area contributed by atoms with E-state index in [0.29, 0.717) is 35.4 Å². The molecule has 0 unspecified atom stereocenters. The van der Waals surface area contributed by atoms with Crippen LogP contribution in [0, 0.1) is 6.92 Å². The lowest BCUT2D eigenvalue weighted by molar-refractivity contribution is 0.0985. The van der Waals surface area contributed by atoms with Crippen molar-refractivity contribution in [2.75, 3.05) is 18.0 Å². The second-order valence-corrected chi connectivity index (χ2v) is 12.2. The van der Waals surface area contributed by atoms with E-state index in [9.17, 15) is 13.2 Å². The number of anilines is 1. The van der Waals surface area contributed by atoms with E-state index in [1.54, 1.807) is 17.0 Å². The average molecular weight is 556 g/mol. The molecule has 4 aromatic rings. The van der Waals surface area contributed by atoms with Crippen LogP contribution >= 0.6 is 22.9 Å². The molecule has 0 bridgehead atoms. The van der Waals surface area contributed by atoms with Crippen LogP contribution in [0.1, 0.15) is 48.2 Å². The van der Waals surface area contributed by atoms with Crippen molar-refractivity contribution in [2.45, 2.75) is 45.1 Å². The third kappa shape index (κ3) is 5.88. The fourth-order valence-corrected chi connectivity index (χ4v) is 6.92. The number of carbonyl (C=O) groups excluding carboxylic acids is 1. The van der Waals surface area contributed by atoms with Crippen molar-refractivity contribution in [3.8, 4) is 0 Å². The molecule has 6 nitrogen and oxygen atoms in total. The zero-order valence-corrected chi connectivity index (χ0v) is 23.5. The maximum atomic E-state index is 13.8. The second kappa shape index (κ2) is 11.7. The van der Waals surface area contributed by atoms with Crippen LogP contribution in [0.5, 0.6) is 0 Å². The van der Waals surface area contributed by atoms with Crippen molar-refractivity contribution in [1.82, 2.24) is 9.29 Å². The number of hydrogen-bond donors (Lipinski definition) is 0. The van der Waals surface area contributed by atoms with Crippen LogP contribution in [0.15, 0.2) is 71.6 Å². The SMILES string of the molecule is CCCN(CCC)S(=O)(=O)c1ccc(C(=O)N(Cc2ccccc2)c2nc3c(C)c(Cl)ccc3s2)cc1. The van der Waals surface area contributed by atoms with E-state index in [-0.39, 0.29) is 10.8 Å². The molecular formula is C28H30ClN3O3S2. The molecule has 194 valence electrons. The van der Waals surface area contributed by atoms with E-state index >= 15 is 0 Å². The molecule has 0 aliphatic heterocycles. The number of hydrogen-bond acceptors (Lipinski definition) is 5. The van der Waals surface area contributed by atoms with Crippen LogP contribution in [0.25, 0.3) is 10.2 Å². The minimum absolute atomic E-state index is 0.186. The molecule has 0 spiro atoms. The van der Waals surface area contributed by atoms with Crippen molar-refractivity contribution >= 4 is 54.2 Å². The van der Waals surface area contributed by atoms with E-state index in [4.69, 9.17) is 16.6 Å². The van der Waals surface area contributed by atoms with E-state index in [0.717, 1.165) is 34.2 Å². The summed E-state index contributed by atoms with van der Waals surface area (Å²) in [6, 6.07) is 19.7. The number of sulfonamides is 1. The van der Waals surface area contributed by atoms with E-state index in [2.05, 4.69) is 0 Å². The molecule has 0 radical (unpaired) electrons. The van der Waals surface area contributed by atoms with Gasteiger partial charge in [0.05, 0.1) is 21.7 Å². The number of nitrogens with zero attached hydrogens (tertiary/aromatic N) is 3. The number of halogens is 1. The van der Waals surface area contributed by atoms with Gasteiger partial charge in [0.2, 0.25) is 10.0 Å². The summed E-state index contributed by atoms with van der Waals surface area (Å²) in [6.07, 6.45) is 1.47. The molecule has 0 atom stereocenters. The number of aromatic nitrogens is 1. The molecule has 0 aliphatic rings. The van der Waals surface area contributed by atoms with Gasteiger partial charge in [0, 0.05) is 23.7 Å². The van der Waals surface area contributed by atoms with E-state index in [1.807, 2.05) is 63.2 Å². The van der Waals surface area contributed by atoms with Gasteiger partial charge in [-0.15, -0.1) is 0 Å². The molecule has 9 heteroatoms. The summed E-state index contributed by atoms with van der Waals surface area (Å²) >= 11 is 7.74. The average Bonchev–Trinajstić information content (AvgIpc) is 3.34. The topological polar surface area (TPSA) is 70.6 Å². The monoisotopic (exact) mass is 555 g/mol. The van der Waals surface area contributed by atoms with Crippen molar-refractivity contribution < 1.29 is 13.2 Å². The molecule has 0 fully saturated rings. The van der Waals surface area contributed by atoms with Gasteiger partial charge < -0.3 is 0 Å². The summed E-state index contributed by atoms with van der Waals surface area (Å²) in [4.78, 5) is 20.4. The second-order valence-electron chi connectivity index (χ2n) is 8.82. The Hall–Kier alpha value is -2.78. The number of fused-ring (bicyclic) bond motifs is 1. The van der Waals surface area contributed by atoms with Gasteiger partial charge in [-0.05, 0) is 67.3 Å². The Bertz CT molecular complexity index is 1480. The van der Waals surface area contributed by atoms with Gasteiger partial charge in [-0.1, -0.05) is 67.1 Å². The van der Waals surface area contributed by atoms with Gasteiger partial charge in [0.1, 0.15) is 0 Å². The van der Waals surface area contributed by atoms with Crippen molar-refractivity contribution in [3.63, 3.8) is 0 Å². The maximum Gasteiger partial charge on any atom is 0.260 e. The minimum Gasteiger partial charge on any atom is -0.279 e. The summed E-state index contributed by atoms with van der Waals surface area (Å²) in [7, 11) is -3.63. The Morgan fingerprint density at radius 3 is 2.22 bits per heavy atom. The molecular weight excluding hydrogens is 526 g/mol. The summed E-state index contributed by atoms with van der Waals surface area (Å²) in [5, 5.41) is 1.19. The van der Waals surface area contributed by atoms with Gasteiger partial charge in [-0.3, -0.25) is 9.69 Å². The van der Waals surface area contributed by atoms with E-state index < -0.39 is 10.0 Å². The lowest BCUT2D eigenvalue weighted by atomic mass is 10.1. The first-order chi connectivity index (χ1) is 17.8. The van der Waals surface area contributed by atoms with Crippen molar-refractivity contribution in [1.29, 1.82) is 0 Å². The first kappa shape index (κ1) is 27.3. The fourth-order valence-electron chi connectivity index (χ4n) is 4.12. The van der Waals surface area contributed by atoms with Crippen molar-refractivity contribution in [2.24, 2.45) is 0 Å². The molecule has 0 aliphatic carbocycles. The largest absolute Gasteiger partial charge is 0.279 e. The predicted molar refractivity (Wildman–Crippen MR) is 152 cm³/mol. The number of amides is 1. The van der Waals surface area contributed by atoms with Crippen molar-refractivity contribution in [3.05, 3.63) is 88.4 Å². The van der Waals surface area contributed by atoms with Crippen LogP contribution in [-0.4, -0.2) is 36.7 Å². The number of carbonyl (C=O) groups is 1. The highest BCUT2D eigenvalue weighted by Gasteiger charge is 2.26. The number of rotatable bonds is 10. The summed E-state index contributed by atoms with van der Waals surface area (Å²) in [5.74, 6) is -0.255. The molecule has 1 aromatic heterocycles. The fraction of sp³-hybridized carbons (Fsp3) is 0.286. The zero-order chi connectivity index (χ0) is 26.6. The third-order valence-corrected chi connectivity index (χ3v) is 9.45. The third-order valence-electron chi connectivity index (χ3n) is 6.08. The van der Waals surface area contributed by atoms with Crippen LogP contribution < -0.4 is 4.90 Å². The molecule has 0 saturated carbocycles. The van der Waals surface area contributed by atoms with Gasteiger partial charge >= 0.3 is 0 Å². The maximum absolute atomic E-state index is 13.8. The normalized spacial score (nSPS) is 11.8. The number of benzene rings is 3. The summed E-state index contributed by atoms with van der Waals surface area (Å²) in [6.45, 7) is 7.08. The lowest BCUT2D eigenvalue weighted by Crippen LogP contribution is -2.33. The molecule has 0 N–H and O–H groups in total. The number of thiazole rings is 1. The first-order valence-electron chi connectivity index (χ1n) is 12.3. The molecule has 1 heterocycles. The quantitative estimate of drug-likeness (QED) is 0.213. The summed E-state index contributed by atoms with van der Waals surface area (Å²) in [5.41, 5.74) is 2.99. The lowest BCUT2D eigenvalue weighted by Gasteiger charge is -2.22. The Morgan fingerprint density at radius 1 is 0.946 bits per heavy atom. The summed E-state index contributed by atoms with van der Waals surface area (Å²) < 4.78 is 28.8. The Morgan fingerprint density at radius 2 is 1.59 bits per heavy atom. The highest BCUT2D eigenvalue weighted by molar-refractivity contribution is 7.89. The molecule has 3 aromatic carbocycles. The van der Waals surface area contributed by atoms with E-state index in [1.165, 1.54) is 27.8 Å². The van der Waals surface area contributed by atoms with Gasteiger partial charge in [-0.2, -0.15) is 4.31 Å².